The molecule has 17 unspecified atom stereocenters. The smallest absolute Gasteiger partial charge is 0.220 e. The summed E-state index contributed by atoms with van der Waals surface area (Å²) in [5.74, 6) is -0.291. The molecule has 92 heavy (non-hydrogen) atoms. The minimum absolute atomic E-state index is 0.228. The van der Waals surface area contributed by atoms with Crippen LogP contribution in [0.2, 0.25) is 0 Å². The van der Waals surface area contributed by atoms with Crippen molar-refractivity contribution >= 4 is 5.91 Å². The van der Waals surface area contributed by atoms with Crippen molar-refractivity contribution in [3.8, 4) is 0 Å². The number of ether oxygens (including phenoxy) is 6. The largest absolute Gasteiger partial charge is 0.394 e. The lowest BCUT2D eigenvalue weighted by Gasteiger charge is -2.48. The van der Waals surface area contributed by atoms with Gasteiger partial charge in [-0.05, 0) is 77.0 Å². The maximum absolute atomic E-state index is 13.4. The van der Waals surface area contributed by atoms with Gasteiger partial charge in [-0.2, -0.15) is 0 Å². The number of amides is 1. The molecule has 0 spiro atoms. The van der Waals surface area contributed by atoms with Crippen molar-refractivity contribution in [2.75, 3.05) is 26.4 Å². The molecule has 0 aliphatic carbocycles. The van der Waals surface area contributed by atoms with Crippen LogP contribution in [0.25, 0.3) is 0 Å². The number of hydrogen-bond acceptors (Lipinski definition) is 18. The quantitative estimate of drug-likeness (QED) is 0.0199. The number of allylic oxidation sites excluding steroid dienone is 9. The summed E-state index contributed by atoms with van der Waals surface area (Å²) >= 11 is 0. The molecule has 0 bridgehead atoms. The van der Waals surface area contributed by atoms with E-state index >= 15 is 0 Å². The zero-order chi connectivity index (χ0) is 66.8. The summed E-state index contributed by atoms with van der Waals surface area (Å²) < 4.78 is 34.4. The molecule has 3 heterocycles. The highest BCUT2D eigenvalue weighted by molar-refractivity contribution is 5.76. The normalized spacial score (nSPS) is 28.0. The van der Waals surface area contributed by atoms with Gasteiger partial charge in [-0.25, -0.2) is 0 Å². The first kappa shape index (κ1) is 83.7. The second-order valence-corrected chi connectivity index (χ2v) is 26.0. The van der Waals surface area contributed by atoms with E-state index in [1.165, 1.54) is 167 Å². The predicted molar refractivity (Wildman–Crippen MR) is 360 cm³/mol. The molecule has 0 radical (unpaired) electrons. The van der Waals surface area contributed by atoms with Crippen LogP contribution in [-0.2, 0) is 33.2 Å². The molecule has 17 atom stereocenters. The molecule has 536 valence electrons. The molecular weight excluding hydrogens is 1180 g/mol. The van der Waals surface area contributed by atoms with Crippen molar-refractivity contribution < 1.29 is 89.4 Å². The average Bonchev–Trinajstić information content (AvgIpc) is 0.838. The first-order valence-corrected chi connectivity index (χ1v) is 36.5. The van der Waals surface area contributed by atoms with E-state index in [2.05, 4.69) is 67.8 Å². The van der Waals surface area contributed by atoms with Gasteiger partial charge in [0.05, 0.1) is 38.6 Å². The number of nitrogens with one attached hydrogen (secondary N) is 1. The van der Waals surface area contributed by atoms with Gasteiger partial charge in [0.15, 0.2) is 18.9 Å². The van der Waals surface area contributed by atoms with Crippen molar-refractivity contribution in [2.24, 2.45) is 0 Å². The first-order chi connectivity index (χ1) is 44.8. The van der Waals surface area contributed by atoms with E-state index in [4.69, 9.17) is 28.4 Å². The molecule has 12 N–H and O–H groups in total. The summed E-state index contributed by atoms with van der Waals surface area (Å²) in [5, 5.41) is 121. The molecule has 3 rings (SSSR count). The third-order valence-electron chi connectivity index (χ3n) is 18.0. The molecule has 19 nitrogen and oxygen atoms in total. The Morgan fingerprint density at radius 3 is 1.15 bits per heavy atom. The Bertz CT molecular complexity index is 1900. The maximum atomic E-state index is 13.4. The zero-order valence-electron chi connectivity index (χ0n) is 56.8. The lowest BCUT2D eigenvalue weighted by molar-refractivity contribution is -0.379. The average molecular weight is 1310 g/mol. The highest BCUT2D eigenvalue weighted by Gasteiger charge is 2.53. The van der Waals surface area contributed by atoms with Crippen LogP contribution in [0.5, 0.6) is 0 Å². The van der Waals surface area contributed by atoms with Crippen LogP contribution in [0.1, 0.15) is 264 Å². The Morgan fingerprint density at radius 1 is 0.391 bits per heavy atom. The summed E-state index contributed by atoms with van der Waals surface area (Å²) in [6, 6.07) is -1.00. The van der Waals surface area contributed by atoms with E-state index in [1.54, 1.807) is 6.08 Å². The summed E-state index contributed by atoms with van der Waals surface area (Å²) in [6.45, 7) is 1.71. The number of aliphatic hydroxyl groups is 11. The molecule has 0 aromatic heterocycles. The standard InChI is InChI=1S/C73H131NO18/c1-3-5-7-9-11-13-15-17-19-21-23-25-27-29-30-32-34-36-38-40-42-44-46-48-50-57(78)56(74-61(79)51-49-47-45-43-41-39-37-35-33-31-28-26-24-22-20-18-16-14-12-10-8-6-4-2)55-87-71-67(85)64(82)69(59(53-76)89-71)92-73-68(86)65(83)70(60(54-77)90-73)91-72-66(84)63(81)62(80)58(52-75)88-72/h16,18,22,24,32,34,40,42,48,50,56-60,62-73,75-78,80-86H,3-15,17,19-21,23,25-31,33,35-39,41,43-47,49,51-55H2,1-2H3,(H,74,79)/b18-16-,24-22-,34-32+,42-40+,50-48+. The van der Waals surface area contributed by atoms with Crippen LogP contribution in [0.15, 0.2) is 60.8 Å². The third kappa shape index (κ3) is 35.7. The number of carbonyl (C=O) groups excluding carboxylic acids is 1. The monoisotopic (exact) mass is 1310 g/mol. The molecule has 1 amide bonds. The molecule has 0 aromatic carbocycles. The van der Waals surface area contributed by atoms with E-state index in [9.17, 15) is 61.0 Å². The zero-order valence-corrected chi connectivity index (χ0v) is 56.8. The van der Waals surface area contributed by atoms with Gasteiger partial charge in [-0.1, -0.05) is 242 Å². The summed E-state index contributed by atoms with van der Waals surface area (Å²) in [4.78, 5) is 13.4. The SMILES string of the molecule is CCCCCCC/C=C\C/C=C\CCCCCCCCCCCCCC(=O)NC(COC1OC(CO)C(OC2OC(CO)C(OC3OC(CO)C(O)C(O)C3O)C(O)C2O)C(O)C1O)C(O)/C=C/CC/C=C/CC/C=C/CCCCCCCCCCCCCCCC. The lowest BCUT2D eigenvalue weighted by Crippen LogP contribution is -2.66. The molecule has 0 saturated carbocycles. The van der Waals surface area contributed by atoms with Crippen molar-refractivity contribution in [2.45, 2.75) is 369 Å². The second-order valence-electron chi connectivity index (χ2n) is 26.0. The lowest BCUT2D eigenvalue weighted by atomic mass is 9.96. The summed E-state index contributed by atoms with van der Waals surface area (Å²) in [7, 11) is 0. The van der Waals surface area contributed by atoms with Crippen molar-refractivity contribution in [1.82, 2.24) is 5.32 Å². The summed E-state index contributed by atoms with van der Waals surface area (Å²) in [5.41, 5.74) is 0. The number of hydrogen-bond donors (Lipinski definition) is 12. The van der Waals surface area contributed by atoms with Gasteiger partial charge in [-0.15, -0.1) is 0 Å². The number of carbonyl (C=O) groups is 1. The highest BCUT2D eigenvalue weighted by atomic mass is 16.8. The van der Waals surface area contributed by atoms with Crippen LogP contribution in [-0.4, -0.2) is 193 Å². The van der Waals surface area contributed by atoms with Crippen LogP contribution in [0.3, 0.4) is 0 Å². The topological polar surface area (TPSA) is 307 Å². The van der Waals surface area contributed by atoms with Crippen LogP contribution >= 0.6 is 0 Å². The van der Waals surface area contributed by atoms with E-state index < -0.39 is 124 Å². The predicted octanol–water partition coefficient (Wildman–Crippen LogP) is 10.3. The minimum atomic E-state index is -1.98. The van der Waals surface area contributed by atoms with E-state index in [0.717, 1.165) is 64.2 Å². The van der Waals surface area contributed by atoms with E-state index in [-0.39, 0.29) is 18.9 Å². The maximum Gasteiger partial charge on any atom is 0.220 e. The fraction of sp³-hybridized carbons (Fsp3) is 0.849. The van der Waals surface area contributed by atoms with Gasteiger partial charge in [-0.3, -0.25) is 4.79 Å². The summed E-state index contributed by atoms with van der Waals surface area (Å²) in [6.07, 6.45) is 40.5. The van der Waals surface area contributed by atoms with Crippen molar-refractivity contribution in [3.63, 3.8) is 0 Å². The van der Waals surface area contributed by atoms with Crippen molar-refractivity contribution in [3.05, 3.63) is 60.8 Å². The molecule has 3 aliphatic heterocycles. The Kier molecular flexibility index (Phi) is 49.6. The number of aliphatic hydroxyl groups excluding tert-OH is 11. The Morgan fingerprint density at radius 2 is 0.728 bits per heavy atom. The van der Waals surface area contributed by atoms with Gasteiger partial charge < -0.3 is 89.9 Å². The molecular formula is C73H131NO18. The Balaban J connectivity index is 1.45. The highest BCUT2D eigenvalue weighted by Crippen LogP contribution is 2.33. The van der Waals surface area contributed by atoms with E-state index in [0.29, 0.717) is 12.8 Å². The fourth-order valence-corrected chi connectivity index (χ4v) is 12.1. The second kappa shape index (κ2) is 54.5. The van der Waals surface area contributed by atoms with Crippen LogP contribution in [0, 0.1) is 0 Å². The number of unbranched alkanes of at least 4 members (excludes halogenated alkanes) is 32. The van der Waals surface area contributed by atoms with Gasteiger partial charge in [0.2, 0.25) is 5.91 Å². The minimum Gasteiger partial charge on any atom is -0.394 e. The molecule has 3 saturated heterocycles. The van der Waals surface area contributed by atoms with Crippen molar-refractivity contribution in [1.29, 1.82) is 0 Å². The third-order valence-corrected chi connectivity index (χ3v) is 18.0. The van der Waals surface area contributed by atoms with Crippen LogP contribution in [0.4, 0.5) is 0 Å². The van der Waals surface area contributed by atoms with E-state index in [1.807, 2.05) is 6.08 Å². The van der Waals surface area contributed by atoms with Gasteiger partial charge in [0.25, 0.3) is 0 Å². The van der Waals surface area contributed by atoms with Gasteiger partial charge in [0, 0.05) is 6.42 Å². The first-order valence-electron chi connectivity index (χ1n) is 36.5. The van der Waals surface area contributed by atoms with Gasteiger partial charge in [0.1, 0.15) is 73.2 Å². The van der Waals surface area contributed by atoms with Gasteiger partial charge >= 0.3 is 0 Å². The fourth-order valence-electron chi connectivity index (χ4n) is 12.1. The molecule has 3 fully saturated rings. The van der Waals surface area contributed by atoms with Crippen LogP contribution < -0.4 is 5.32 Å². The Labute approximate surface area is 554 Å². The molecule has 0 aromatic rings. The number of rotatable bonds is 56. The molecule has 19 heteroatoms. The molecule has 3 aliphatic rings. The Hall–Kier alpha value is -2.51.